The van der Waals surface area contributed by atoms with E-state index in [0.717, 1.165) is 5.56 Å². The highest BCUT2D eigenvalue weighted by atomic mass is 35.5. The first-order valence-electron chi connectivity index (χ1n) is 6.49. The molecule has 2 nitrogen and oxygen atoms in total. The lowest BCUT2D eigenvalue weighted by Crippen LogP contribution is -2.30. The average molecular weight is 293 g/mol. The van der Waals surface area contributed by atoms with Gasteiger partial charge in [-0.25, -0.2) is 4.39 Å². The zero-order valence-corrected chi connectivity index (χ0v) is 12.3. The molecular formula is C16H18ClFN2. The van der Waals surface area contributed by atoms with Crippen LogP contribution in [0.1, 0.15) is 28.3 Å². The fourth-order valence-electron chi connectivity index (χ4n) is 2.32. The topological polar surface area (TPSA) is 38.0 Å². The third-order valence-corrected chi connectivity index (χ3v) is 3.90. The molecule has 0 aliphatic heterocycles. The molecular weight excluding hydrogens is 275 g/mol. The molecule has 1 atom stereocenters. The molecule has 0 fully saturated rings. The second-order valence-electron chi connectivity index (χ2n) is 4.95. The molecule has 0 amide bonds. The monoisotopic (exact) mass is 292 g/mol. The van der Waals surface area contributed by atoms with Crippen LogP contribution in [0, 0.1) is 19.7 Å². The van der Waals surface area contributed by atoms with Crippen molar-refractivity contribution in [2.45, 2.75) is 26.3 Å². The number of nitrogens with one attached hydrogen (secondary N) is 1. The van der Waals surface area contributed by atoms with Gasteiger partial charge in [0.15, 0.2) is 0 Å². The van der Waals surface area contributed by atoms with Crippen LogP contribution in [0.5, 0.6) is 0 Å². The van der Waals surface area contributed by atoms with Crippen LogP contribution in [0.25, 0.3) is 0 Å². The first-order valence-corrected chi connectivity index (χ1v) is 6.87. The summed E-state index contributed by atoms with van der Waals surface area (Å²) in [5.74, 6) is 5.35. The number of aryl methyl sites for hydroxylation is 1. The molecule has 0 radical (unpaired) electrons. The van der Waals surface area contributed by atoms with Crippen molar-refractivity contribution >= 4 is 11.6 Å². The van der Waals surface area contributed by atoms with Gasteiger partial charge < -0.3 is 0 Å². The molecule has 0 spiro atoms. The van der Waals surface area contributed by atoms with Crippen LogP contribution in [0.2, 0.25) is 5.02 Å². The molecule has 106 valence electrons. The third kappa shape index (κ3) is 3.18. The average Bonchev–Trinajstić information content (AvgIpc) is 2.42. The lowest BCUT2D eigenvalue weighted by atomic mass is 9.93. The Morgan fingerprint density at radius 3 is 2.65 bits per heavy atom. The quantitative estimate of drug-likeness (QED) is 0.664. The predicted molar refractivity (Wildman–Crippen MR) is 81.1 cm³/mol. The summed E-state index contributed by atoms with van der Waals surface area (Å²) in [6, 6.07) is 10.6. The van der Waals surface area contributed by atoms with E-state index < -0.39 is 0 Å². The number of hydrogen-bond donors (Lipinski definition) is 2. The van der Waals surface area contributed by atoms with Crippen LogP contribution in [-0.2, 0) is 6.42 Å². The Balaban J connectivity index is 2.31. The number of benzene rings is 2. The van der Waals surface area contributed by atoms with Crippen molar-refractivity contribution in [3.63, 3.8) is 0 Å². The van der Waals surface area contributed by atoms with Crippen LogP contribution in [0.4, 0.5) is 4.39 Å². The normalized spacial score (nSPS) is 12.4. The van der Waals surface area contributed by atoms with Crippen molar-refractivity contribution in [1.82, 2.24) is 5.43 Å². The van der Waals surface area contributed by atoms with Gasteiger partial charge in [0.2, 0.25) is 0 Å². The highest BCUT2D eigenvalue weighted by Crippen LogP contribution is 2.25. The van der Waals surface area contributed by atoms with Crippen LogP contribution < -0.4 is 11.3 Å². The second-order valence-corrected chi connectivity index (χ2v) is 5.38. The van der Waals surface area contributed by atoms with Gasteiger partial charge in [0.25, 0.3) is 0 Å². The molecule has 4 heteroatoms. The van der Waals surface area contributed by atoms with E-state index in [1.54, 1.807) is 12.1 Å². The lowest BCUT2D eigenvalue weighted by Gasteiger charge is -2.20. The Labute approximate surface area is 123 Å². The molecule has 2 aromatic carbocycles. The van der Waals surface area contributed by atoms with E-state index in [9.17, 15) is 4.39 Å². The van der Waals surface area contributed by atoms with Gasteiger partial charge in [0.05, 0.1) is 6.04 Å². The number of nitrogens with two attached hydrogens (primary N) is 1. The van der Waals surface area contributed by atoms with E-state index >= 15 is 0 Å². The van der Waals surface area contributed by atoms with Gasteiger partial charge in [0.1, 0.15) is 5.82 Å². The Morgan fingerprint density at radius 2 is 2.00 bits per heavy atom. The molecule has 0 aliphatic carbocycles. The Kier molecular flexibility index (Phi) is 4.76. The van der Waals surface area contributed by atoms with Crippen LogP contribution >= 0.6 is 11.6 Å². The van der Waals surface area contributed by atoms with Gasteiger partial charge in [-0.3, -0.25) is 11.3 Å². The van der Waals surface area contributed by atoms with Crippen molar-refractivity contribution in [1.29, 1.82) is 0 Å². The Morgan fingerprint density at radius 1 is 1.25 bits per heavy atom. The van der Waals surface area contributed by atoms with Crippen LogP contribution in [0.15, 0.2) is 36.4 Å². The summed E-state index contributed by atoms with van der Waals surface area (Å²) in [5.41, 5.74) is 6.82. The fraction of sp³-hybridized carbons (Fsp3) is 0.250. The highest BCUT2D eigenvalue weighted by molar-refractivity contribution is 6.30. The molecule has 3 N–H and O–H groups in total. The molecule has 0 saturated heterocycles. The van der Waals surface area contributed by atoms with Gasteiger partial charge in [-0.2, -0.15) is 0 Å². The summed E-state index contributed by atoms with van der Waals surface area (Å²) in [6.07, 6.45) is 0.476. The summed E-state index contributed by atoms with van der Waals surface area (Å²) in [4.78, 5) is 0. The van der Waals surface area contributed by atoms with Crippen molar-refractivity contribution in [2.75, 3.05) is 0 Å². The molecule has 1 unspecified atom stereocenters. The summed E-state index contributed by atoms with van der Waals surface area (Å²) >= 11 is 5.77. The maximum absolute atomic E-state index is 13.9. The molecule has 0 bridgehead atoms. The Hall–Kier alpha value is -1.42. The first kappa shape index (κ1) is 15.0. The van der Waals surface area contributed by atoms with Gasteiger partial charge in [-0.05, 0) is 54.7 Å². The molecule has 0 saturated carbocycles. The number of halogens is 2. The molecule has 2 rings (SSSR count). The largest absolute Gasteiger partial charge is 0.271 e. The van der Waals surface area contributed by atoms with Crippen LogP contribution in [-0.4, -0.2) is 0 Å². The maximum Gasteiger partial charge on any atom is 0.127 e. The standard InChI is InChI=1S/C16H18ClFN2/c1-10-4-3-5-14(11(10)2)16(20-19)8-12-6-7-13(17)9-15(12)18/h3-7,9,16,20H,8,19H2,1-2H3. The lowest BCUT2D eigenvalue weighted by molar-refractivity contribution is 0.527. The molecule has 2 aromatic rings. The van der Waals surface area contributed by atoms with Crippen molar-refractivity contribution in [3.05, 3.63) is 69.5 Å². The van der Waals surface area contributed by atoms with Gasteiger partial charge in [-0.1, -0.05) is 35.9 Å². The van der Waals surface area contributed by atoms with E-state index in [1.807, 2.05) is 19.1 Å². The third-order valence-electron chi connectivity index (χ3n) is 3.66. The predicted octanol–water partition coefficient (Wildman–Crippen LogP) is 3.84. The zero-order chi connectivity index (χ0) is 14.7. The summed E-state index contributed by atoms with van der Waals surface area (Å²) in [6.45, 7) is 4.10. The number of rotatable bonds is 4. The summed E-state index contributed by atoms with van der Waals surface area (Å²) in [5, 5.41) is 0.398. The van der Waals surface area contributed by atoms with E-state index in [2.05, 4.69) is 18.4 Å². The number of hydrazine groups is 1. The molecule has 0 aromatic heterocycles. The molecule has 0 heterocycles. The summed E-state index contributed by atoms with van der Waals surface area (Å²) in [7, 11) is 0. The Bertz CT molecular complexity index is 613. The zero-order valence-electron chi connectivity index (χ0n) is 11.6. The van der Waals surface area contributed by atoms with Crippen LogP contribution in [0.3, 0.4) is 0 Å². The van der Waals surface area contributed by atoms with Gasteiger partial charge in [-0.15, -0.1) is 0 Å². The van der Waals surface area contributed by atoms with Crippen molar-refractivity contribution in [2.24, 2.45) is 5.84 Å². The van der Waals surface area contributed by atoms with E-state index in [0.29, 0.717) is 17.0 Å². The van der Waals surface area contributed by atoms with E-state index in [4.69, 9.17) is 17.4 Å². The SMILES string of the molecule is Cc1cccc(C(Cc2ccc(Cl)cc2F)NN)c1C. The fourth-order valence-corrected chi connectivity index (χ4v) is 2.48. The summed E-state index contributed by atoms with van der Waals surface area (Å²) < 4.78 is 13.9. The van der Waals surface area contributed by atoms with E-state index in [-0.39, 0.29) is 11.9 Å². The van der Waals surface area contributed by atoms with Crippen molar-refractivity contribution in [3.8, 4) is 0 Å². The van der Waals surface area contributed by atoms with E-state index in [1.165, 1.54) is 17.2 Å². The number of hydrogen-bond acceptors (Lipinski definition) is 2. The minimum Gasteiger partial charge on any atom is -0.271 e. The smallest absolute Gasteiger partial charge is 0.127 e. The minimum atomic E-state index is -0.303. The van der Waals surface area contributed by atoms with Crippen molar-refractivity contribution < 1.29 is 4.39 Å². The van der Waals surface area contributed by atoms with Gasteiger partial charge >= 0.3 is 0 Å². The highest BCUT2D eigenvalue weighted by Gasteiger charge is 2.16. The first-order chi connectivity index (χ1) is 9.52. The van der Waals surface area contributed by atoms with Gasteiger partial charge in [0, 0.05) is 5.02 Å². The molecule has 20 heavy (non-hydrogen) atoms. The molecule has 0 aliphatic rings. The minimum absolute atomic E-state index is 0.134. The maximum atomic E-state index is 13.9. The second kappa shape index (κ2) is 6.35.